The fraction of sp³-hybridized carbons (Fsp3) is 0.421. The van der Waals surface area contributed by atoms with E-state index in [1.807, 2.05) is 6.92 Å². The Hall–Kier alpha value is -2.67. The van der Waals surface area contributed by atoms with Gasteiger partial charge in [-0.25, -0.2) is 0 Å². The second kappa shape index (κ2) is 8.62. The highest BCUT2D eigenvalue weighted by Crippen LogP contribution is 2.39. The van der Waals surface area contributed by atoms with E-state index in [0.29, 0.717) is 42.6 Å². The standard InChI is InChI=1S/C19H24N4O3/c1-2-26-10-4-9-20-18(24)14-5-3-6-15(11-14)21-19(25)17-12-16(22-23-17)13-7-8-13/h3,5-6,11-13H,2,4,7-10H2,1H3,(H,20,24)(H,21,25)(H,22,23). The topological polar surface area (TPSA) is 96.1 Å². The van der Waals surface area contributed by atoms with Crippen LogP contribution in [0.15, 0.2) is 30.3 Å². The highest BCUT2D eigenvalue weighted by atomic mass is 16.5. The molecule has 26 heavy (non-hydrogen) atoms. The molecule has 1 fully saturated rings. The van der Waals surface area contributed by atoms with Crippen molar-refractivity contribution in [2.75, 3.05) is 25.1 Å². The first-order valence-electron chi connectivity index (χ1n) is 9.00. The van der Waals surface area contributed by atoms with Gasteiger partial charge < -0.3 is 15.4 Å². The third-order valence-electron chi connectivity index (χ3n) is 4.19. The lowest BCUT2D eigenvalue weighted by Crippen LogP contribution is -2.25. The summed E-state index contributed by atoms with van der Waals surface area (Å²) in [7, 11) is 0. The molecule has 7 nitrogen and oxygen atoms in total. The Kier molecular flexibility index (Phi) is 6.01. The van der Waals surface area contributed by atoms with Crippen LogP contribution in [0.5, 0.6) is 0 Å². The predicted molar refractivity (Wildman–Crippen MR) is 98.4 cm³/mol. The zero-order chi connectivity index (χ0) is 18.4. The van der Waals surface area contributed by atoms with Gasteiger partial charge in [-0.2, -0.15) is 5.10 Å². The van der Waals surface area contributed by atoms with E-state index in [0.717, 1.165) is 25.0 Å². The number of nitrogens with zero attached hydrogens (tertiary/aromatic N) is 1. The average Bonchev–Trinajstić information content (AvgIpc) is 3.38. The van der Waals surface area contributed by atoms with Gasteiger partial charge in [0.15, 0.2) is 5.69 Å². The van der Waals surface area contributed by atoms with Crippen molar-refractivity contribution >= 4 is 17.5 Å². The Morgan fingerprint density at radius 3 is 2.88 bits per heavy atom. The number of anilines is 1. The molecule has 0 radical (unpaired) electrons. The van der Waals surface area contributed by atoms with Crippen LogP contribution in [0.2, 0.25) is 0 Å². The monoisotopic (exact) mass is 356 g/mol. The van der Waals surface area contributed by atoms with Gasteiger partial charge in [-0.1, -0.05) is 6.07 Å². The summed E-state index contributed by atoms with van der Waals surface area (Å²) in [5.74, 6) is 0.0506. The normalized spacial score (nSPS) is 13.4. The van der Waals surface area contributed by atoms with Gasteiger partial charge in [0.1, 0.15) is 0 Å². The lowest BCUT2D eigenvalue weighted by atomic mass is 10.2. The van der Waals surface area contributed by atoms with Crippen molar-refractivity contribution in [2.45, 2.75) is 32.1 Å². The number of hydrogen-bond acceptors (Lipinski definition) is 4. The molecule has 0 bridgehead atoms. The first-order valence-corrected chi connectivity index (χ1v) is 9.00. The number of H-pyrrole nitrogens is 1. The van der Waals surface area contributed by atoms with Crippen molar-refractivity contribution in [3.8, 4) is 0 Å². The molecule has 1 heterocycles. The van der Waals surface area contributed by atoms with Gasteiger partial charge >= 0.3 is 0 Å². The van der Waals surface area contributed by atoms with Crippen LogP contribution in [-0.2, 0) is 4.74 Å². The van der Waals surface area contributed by atoms with Gasteiger partial charge in [0.2, 0.25) is 0 Å². The Balaban J connectivity index is 1.54. The Bertz CT molecular complexity index is 768. The lowest BCUT2D eigenvalue weighted by molar-refractivity contribution is 0.0943. The molecule has 3 rings (SSSR count). The number of nitrogens with one attached hydrogen (secondary N) is 3. The van der Waals surface area contributed by atoms with E-state index >= 15 is 0 Å². The molecule has 1 aliphatic rings. The van der Waals surface area contributed by atoms with Crippen LogP contribution in [0, 0.1) is 0 Å². The minimum atomic E-state index is -0.289. The van der Waals surface area contributed by atoms with Gasteiger partial charge in [-0.3, -0.25) is 14.7 Å². The maximum absolute atomic E-state index is 12.3. The largest absolute Gasteiger partial charge is 0.382 e. The number of carbonyl (C=O) groups excluding carboxylic acids is 2. The second-order valence-corrected chi connectivity index (χ2v) is 6.32. The van der Waals surface area contributed by atoms with E-state index in [-0.39, 0.29) is 11.8 Å². The summed E-state index contributed by atoms with van der Waals surface area (Å²) in [6.07, 6.45) is 3.05. The van der Waals surface area contributed by atoms with Gasteiger partial charge in [0.25, 0.3) is 11.8 Å². The van der Waals surface area contributed by atoms with Gasteiger partial charge in [-0.15, -0.1) is 0 Å². The first kappa shape index (κ1) is 18.1. The SMILES string of the molecule is CCOCCCNC(=O)c1cccc(NC(=O)c2cc(C3CC3)[nH]n2)c1. The van der Waals surface area contributed by atoms with E-state index in [1.165, 1.54) is 0 Å². The minimum Gasteiger partial charge on any atom is -0.382 e. The summed E-state index contributed by atoms with van der Waals surface area (Å²) in [4.78, 5) is 24.5. The second-order valence-electron chi connectivity index (χ2n) is 6.32. The summed E-state index contributed by atoms with van der Waals surface area (Å²) in [6.45, 7) is 3.79. The smallest absolute Gasteiger partial charge is 0.276 e. The fourth-order valence-electron chi connectivity index (χ4n) is 2.61. The van der Waals surface area contributed by atoms with Crippen LogP contribution in [0.3, 0.4) is 0 Å². The molecule has 0 spiro atoms. The number of amides is 2. The third-order valence-corrected chi connectivity index (χ3v) is 4.19. The molecule has 2 aromatic rings. The first-order chi connectivity index (χ1) is 12.7. The van der Waals surface area contributed by atoms with Crippen LogP contribution in [0.1, 0.15) is 58.6 Å². The average molecular weight is 356 g/mol. The van der Waals surface area contributed by atoms with Crippen molar-refractivity contribution in [3.63, 3.8) is 0 Å². The molecule has 1 aliphatic carbocycles. The summed E-state index contributed by atoms with van der Waals surface area (Å²) < 4.78 is 5.24. The van der Waals surface area contributed by atoms with E-state index in [2.05, 4.69) is 20.8 Å². The number of aromatic nitrogens is 2. The molecule has 3 N–H and O–H groups in total. The fourth-order valence-corrected chi connectivity index (χ4v) is 2.61. The van der Waals surface area contributed by atoms with E-state index < -0.39 is 0 Å². The Morgan fingerprint density at radius 2 is 2.12 bits per heavy atom. The summed E-state index contributed by atoms with van der Waals surface area (Å²) in [6, 6.07) is 8.66. The molecule has 1 aromatic carbocycles. The lowest BCUT2D eigenvalue weighted by Gasteiger charge is -2.08. The predicted octanol–water partition coefficient (Wildman–Crippen LogP) is 2.70. The zero-order valence-corrected chi connectivity index (χ0v) is 14.9. The summed E-state index contributed by atoms with van der Waals surface area (Å²) in [5.41, 5.74) is 2.43. The molecule has 138 valence electrons. The van der Waals surface area contributed by atoms with Crippen LogP contribution < -0.4 is 10.6 Å². The number of ether oxygens (including phenoxy) is 1. The number of hydrogen-bond donors (Lipinski definition) is 3. The summed E-state index contributed by atoms with van der Waals surface area (Å²) in [5, 5.41) is 12.6. The molecule has 0 saturated heterocycles. The van der Waals surface area contributed by atoms with Gasteiger partial charge in [-0.05, 0) is 50.5 Å². The van der Waals surface area contributed by atoms with Crippen LogP contribution in [0.4, 0.5) is 5.69 Å². The van der Waals surface area contributed by atoms with Crippen molar-refractivity contribution in [1.29, 1.82) is 0 Å². The molecular weight excluding hydrogens is 332 g/mol. The molecular formula is C19H24N4O3. The molecule has 2 amide bonds. The number of rotatable bonds is 9. The van der Waals surface area contributed by atoms with Crippen molar-refractivity contribution < 1.29 is 14.3 Å². The van der Waals surface area contributed by atoms with E-state index in [1.54, 1.807) is 30.3 Å². The van der Waals surface area contributed by atoms with Crippen LogP contribution >= 0.6 is 0 Å². The number of benzene rings is 1. The Morgan fingerprint density at radius 1 is 1.27 bits per heavy atom. The minimum absolute atomic E-state index is 0.173. The molecule has 7 heteroatoms. The zero-order valence-electron chi connectivity index (χ0n) is 14.9. The van der Waals surface area contributed by atoms with Crippen LogP contribution in [-0.4, -0.2) is 41.8 Å². The molecule has 0 unspecified atom stereocenters. The highest BCUT2D eigenvalue weighted by Gasteiger charge is 2.26. The van der Waals surface area contributed by atoms with E-state index in [9.17, 15) is 9.59 Å². The summed E-state index contributed by atoms with van der Waals surface area (Å²) >= 11 is 0. The maximum Gasteiger partial charge on any atom is 0.276 e. The number of carbonyl (C=O) groups is 2. The van der Waals surface area contributed by atoms with E-state index in [4.69, 9.17) is 4.74 Å². The highest BCUT2D eigenvalue weighted by molar-refractivity contribution is 6.04. The molecule has 0 aliphatic heterocycles. The van der Waals surface area contributed by atoms with Crippen molar-refractivity contribution in [2.24, 2.45) is 0 Å². The molecule has 1 saturated carbocycles. The van der Waals surface area contributed by atoms with Crippen LogP contribution in [0.25, 0.3) is 0 Å². The maximum atomic E-state index is 12.3. The molecule has 0 atom stereocenters. The van der Waals surface area contributed by atoms with Crippen molar-refractivity contribution in [1.82, 2.24) is 15.5 Å². The Labute approximate surface area is 152 Å². The van der Waals surface area contributed by atoms with Gasteiger partial charge in [0.05, 0.1) is 0 Å². The van der Waals surface area contributed by atoms with Gasteiger partial charge in [0, 0.05) is 42.6 Å². The molecule has 1 aromatic heterocycles. The van der Waals surface area contributed by atoms with Crippen molar-refractivity contribution in [3.05, 3.63) is 47.3 Å². The third kappa shape index (κ3) is 4.92. The quantitative estimate of drug-likeness (QED) is 0.602. The number of aromatic amines is 1.